The highest BCUT2D eigenvalue weighted by Gasteiger charge is 2.32. The Hall–Kier alpha value is -6.48. The van der Waals surface area contributed by atoms with Crippen molar-refractivity contribution >= 4 is 79.8 Å². The second-order valence-corrected chi connectivity index (χ2v) is 17.2. The van der Waals surface area contributed by atoms with Gasteiger partial charge in [0.05, 0.1) is 21.1 Å². The molecule has 0 spiro atoms. The van der Waals surface area contributed by atoms with Gasteiger partial charge < -0.3 is 49.6 Å². The van der Waals surface area contributed by atoms with E-state index < -0.39 is 36.0 Å². The van der Waals surface area contributed by atoms with E-state index in [9.17, 15) is 35.9 Å². The first-order valence-corrected chi connectivity index (χ1v) is 22.7. The first kappa shape index (κ1) is 51.4. The monoisotopic (exact) mass is 1020 g/mol. The lowest BCUT2D eigenvalue weighted by atomic mass is 10.1. The first-order chi connectivity index (χ1) is 33.2. The molecule has 14 nitrogen and oxygen atoms in total. The van der Waals surface area contributed by atoms with E-state index in [1.165, 1.54) is 12.1 Å². The van der Waals surface area contributed by atoms with Crippen molar-refractivity contribution in [3.8, 4) is 23.0 Å². The molecule has 4 heterocycles. The van der Waals surface area contributed by atoms with E-state index in [0.717, 1.165) is 128 Å². The number of ether oxygens (including phenoxy) is 4. The molecule has 2 aromatic heterocycles. The molecule has 3 N–H and O–H groups in total. The molecule has 2 fully saturated rings. The van der Waals surface area contributed by atoms with Crippen molar-refractivity contribution in [3.05, 3.63) is 106 Å². The summed E-state index contributed by atoms with van der Waals surface area (Å²) in [7, 11) is 2.13. The number of aromatic nitrogens is 2. The van der Waals surface area contributed by atoms with Crippen LogP contribution in [0.5, 0.6) is 23.0 Å². The lowest BCUT2D eigenvalue weighted by Crippen LogP contribution is -2.43. The van der Waals surface area contributed by atoms with E-state index in [1.807, 2.05) is 44.2 Å². The van der Waals surface area contributed by atoms with Crippen LogP contribution in [0.15, 0.2) is 84.9 Å². The van der Waals surface area contributed by atoms with Gasteiger partial charge in [-0.2, -0.15) is 0 Å². The third-order valence-corrected chi connectivity index (χ3v) is 11.6. The number of carbonyl (C=O) groups excluding carboxylic acids is 2. The number of pyridine rings is 2. The number of nitrogens with one attached hydrogen (secondary N) is 3. The molecule has 22 heteroatoms. The number of halogens is 8. The number of rotatable bonds is 12. The molecule has 0 saturated carbocycles. The number of carbonyl (C=O) groups is 2. The molecule has 0 atom stereocenters. The van der Waals surface area contributed by atoms with Crippen LogP contribution in [0.2, 0.25) is 10.0 Å². The number of alkyl halides is 6. The summed E-state index contributed by atoms with van der Waals surface area (Å²) < 4.78 is 92.2. The topological polar surface area (TPSA) is 143 Å². The minimum atomic E-state index is -4.83. The fourth-order valence-electron chi connectivity index (χ4n) is 7.67. The third kappa shape index (κ3) is 14.5. The van der Waals surface area contributed by atoms with Crippen LogP contribution >= 0.6 is 23.2 Å². The van der Waals surface area contributed by atoms with Gasteiger partial charge >= 0.3 is 12.7 Å². The summed E-state index contributed by atoms with van der Waals surface area (Å²) in [5.74, 6) is 0.151. The summed E-state index contributed by atoms with van der Waals surface area (Å²) >= 11 is 11.9. The number of hydrogen-bond donors (Lipinski definition) is 3. The van der Waals surface area contributed by atoms with E-state index in [2.05, 4.69) is 53.2 Å². The van der Waals surface area contributed by atoms with Gasteiger partial charge in [-0.1, -0.05) is 23.2 Å². The largest absolute Gasteiger partial charge is 0.573 e. The summed E-state index contributed by atoms with van der Waals surface area (Å²) in [6.45, 7) is 10.8. The van der Waals surface area contributed by atoms with Gasteiger partial charge in [-0.3, -0.25) is 9.59 Å². The zero-order chi connectivity index (χ0) is 50.2. The predicted octanol–water partition coefficient (Wildman–Crippen LogP) is 9.78. The second-order valence-electron chi connectivity index (χ2n) is 16.4. The molecule has 2 aliphatic heterocycles. The zero-order valence-corrected chi connectivity index (χ0v) is 39.6. The maximum Gasteiger partial charge on any atom is 0.573 e. The lowest BCUT2D eigenvalue weighted by molar-refractivity contribution is -0.275. The molecule has 4 aromatic carbocycles. The Morgan fingerprint density at radius 3 is 1.51 bits per heavy atom. The Balaban J connectivity index is 0.000000207. The second kappa shape index (κ2) is 22.5. The number of aryl methyl sites for hydroxylation is 2. The van der Waals surface area contributed by atoms with Crippen LogP contribution in [0.25, 0.3) is 21.8 Å². The standard InChI is InChI=1S/C25H26ClF3N4O3.C23H22ClF3N4O3/c1-16-12-23(33-9-3-8-32(2)10-11-33)31-21-6-4-17(13-19(16)21)30-24(34)15-35-22-7-5-18(14-20(22)26)36-25(27,28)29;1-14-10-21(31-8-6-28-7-9-31)30-19-4-2-15(11-17(14)19)29-22(32)13-33-20-5-3-16(12-18(20)24)34-23(25,26)27/h4-7,12-14H,3,8-11,15H2,1-2H3,(H,30,34);2-5,10-12,28H,6-9,13H2,1H3,(H,29,32). The van der Waals surface area contributed by atoms with Crippen LogP contribution in [0.3, 0.4) is 0 Å². The average molecular weight is 1020 g/mol. The van der Waals surface area contributed by atoms with Crippen LogP contribution in [0.4, 0.5) is 49.4 Å². The van der Waals surface area contributed by atoms with Gasteiger partial charge in [-0.05, 0) is 118 Å². The van der Waals surface area contributed by atoms with Gasteiger partial charge in [0.15, 0.2) is 13.2 Å². The summed E-state index contributed by atoms with van der Waals surface area (Å²) in [6.07, 6.45) is -8.57. The first-order valence-electron chi connectivity index (χ1n) is 21.9. The van der Waals surface area contributed by atoms with E-state index in [4.69, 9.17) is 42.6 Å². The van der Waals surface area contributed by atoms with Crippen molar-refractivity contribution in [1.29, 1.82) is 0 Å². The van der Waals surface area contributed by atoms with Crippen LogP contribution in [0.1, 0.15) is 17.5 Å². The minimum Gasteiger partial charge on any atom is -0.482 e. The Kier molecular flexibility index (Phi) is 16.5. The third-order valence-electron chi connectivity index (χ3n) is 11.0. The molecule has 8 rings (SSSR count). The molecule has 6 aromatic rings. The molecule has 0 aliphatic carbocycles. The smallest absolute Gasteiger partial charge is 0.482 e. The van der Waals surface area contributed by atoms with Gasteiger partial charge in [-0.15, -0.1) is 26.3 Å². The zero-order valence-electron chi connectivity index (χ0n) is 38.1. The van der Waals surface area contributed by atoms with Crippen LogP contribution < -0.4 is 44.7 Å². The van der Waals surface area contributed by atoms with Gasteiger partial charge in [0.2, 0.25) is 0 Å². The number of anilines is 4. The Morgan fingerprint density at radius 1 is 0.614 bits per heavy atom. The van der Waals surface area contributed by atoms with Gasteiger partial charge in [0.1, 0.15) is 34.6 Å². The number of likely N-dealkylation sites (N-methyl/N-ethyl adjacent to an activating group) is 1. The maximum atomic E-state index is 12.4. The Morgan fingerprint density at radius 2 is 1.07 bits per heavy atom. The number of piperazine rings is 1. The predicted molar refractivity (Wildman–Crippen MR) is 257 cm³/mol. The van der Waals surface area contributed by atoms with E-state index in [1.54, 1.807) is 12.1 Å². The fraction of sp³-hybridized carbons (Fsp3) is 0.333. The SMILES string of the molecule is Cc1cc(N2CCCN(C)CC2)nc2ccc(NC(=O)COc3ccc(OC(F)(F)F)cc3Cl)cc12.Cc1cc(N2CCNCC2)nc2ccc(NC(=O)COc3ccc(OC(F)(F)F)cc3Cl)cc12. The molecular formula is C48H48Cl2F6N8O6. The molecule has 0 radical (unpaired) electrons. The number of benzene rings is 4. The molecule has 0 bridgehead atoms. The van der Waals surface area contributed by atoms with Gasteiger partial charge in [0, 0.05) is 80.1 Å². The molecule has 0 unspecified atom stereocenters. The van der Waals surface area contributed by atoms with E-state index >= 15 is 0 Å². The average Bonchev–Trinajstić information content (AvgIpc) is 3.52. The Labute approximate surface area is 408 Å². The summed E-state index contributed by atoms with van der Waals surface area (Å²) in [5.41, 5.74) is 4.90. The normalized spacial score (nSPS) is 14.6. The van der Waals surface area contributed by atoms with E-state index in [-0.39, 0.29) is 34.8 Å². The van der Waals surface area contributed by atoms with Crippen LogP contribution in [-0.2, 0) is 9.59 Å². The summed E-state index contributed by atoms with van der Waals surface area (Å²) in [4.78, 5) is 41.2. The number of nitrogens with zero attached hydrogens (tertiary/aromatic N) is 5. The van der Waals surface area contributed by atoms with Crippen LogP contribution in [-0.4, -0.2) is 112 Å². The maximum absolute atomic E-state index is 12.4. The highest BCUT2D eigenvalue weighted by molar-refractivity contribution is 6.32. The molecule has 70 heavy (non-hydrogen) atoms. The molecular weight excluding hydrogens is 969 g/mol. The fourth-order valence-corrected chi connectivity index (χ4v) is 8.12. The van der Waals surface area contributed by atoms with Crippen molar-refractivity contribution in [2.45, 2.75) is 33.0 Å². The molecule has 2 amide bonds. The van der Waals surface area contributed by atoms with Crippen molar-refractivity contribution in [2.24, 2.45) is 0 Å². The van der Waals surface area contributed by atoms with Crippen molar-refractivity contribution in [2.75, 3.05) is 93.1 Å². The van der Waals surface area contributed by atoms with Crippen molar-refractivity contribution in [1.82, 2.24) is 20.2 Å². The number of fused-ring (bicyclic) bond motifs is 2. The lowest BCUT2D eigenvalue weighted by Gasteiger charge is -2.29. The van der Waals surface area contributed by atoms with Crippen LogP contribution in [0, 0.1) is 13.8 Å². The van der Waals surface area contributed by atoms with Crippen molar-refractivity contribution < 1.29 is 54.9 Å². The minimum absolute atomic E-state index is 0.0605. The molecule has 372 valence electrons. The molecule has 2 aliphatic rings. The Bertz CT molecular complexity index is 2830. The summed E-state index contributed by atoms with van der Waals surface area (Å²) in [5, 5.41) is 10.5. The summed E-state index contributed by atoms with van der Waals surface area (Å²) in [6, 6.07) is 21.5. The van der Waals surface area contributed by atoms with Crippen molar-refractivity contribution in [3.63, 3.8) is 0 Å². The highest BCUT2D eigenvalue weighted by atomic mass is 35.5. The van der Waals surface area contributed by atoms with Gasteiger partial charge in [0.25, 0.3) is 11.8 Å². The highest BCUT2D eigenvalue weighted by Crippen LogP contribution is 2.34. The van der Waals surface area contributed by atoms with E-state index in [0.29, 0.717) is 11.4 Å². The molecule has 2 saturated heterocycles. The number of hydrogen-bond acceptors (Lipinski definition) is 12. The number of amides is 2. The van der Waals surface area contributed by atoms with Gasteiger partial charge in [-0.25, -0.2) is 9.97 Å². The quantitative estimate of drug-likeness (QED) is 0.101.